The van der Waals surface area contributed by atoms with Crippen molar-refractivity contribution in [2.75, 3.05) is 0 Å². The molecule has 0 amide bonds. The number of rotatable bonds is 2. The molecule has 1 N–H and O–H groups in total. The van der Waals surface area contributed by atoms with Gasteiger partial charge in [0.05, 0.1) is 0 Å². The molecule has 0 bridgehead atoms. The number of hydrogen-bond donors (Lipinski definition) is 1. The van der Waals surface area contributed by atoms with Gasteiger partial charge in [-0.05, 0) is 55.2 Å². The minimum atomic E-state index is 0.632. The highest BCUT2D eigenvalue weighted by Crippen LogP contribution is 2.36. The van der Waals surface area contributed by atoms with E-state index in [1.807, 2.05) is 0 Å². The van der Waals surface area contributed by atoms with Gasteiger partial charge in [-0.3, -0.25) is 0 Å². The van der Waals surface area contributed by atoms with E-state index in [9.17, 15) is 0 Å². The van der Waals surface area contributed by atoms with Crippen LogP contribution in [0.5, 0.6) is 0 Å². The first-order valence-corrected chi connectivity index (χ1v) is 6.58. The fraction of sp³-hybridized carbons (Fsp3) is 0.600. The van der Waals surface area contributed by atoms with E-state index in [4.69, 9.17) is 0 Å². The zero-order valence-corrected chi connectivity index (χ0v) is 10.3. The SMILES string of the molecule is Cc1cccc2c1CCC2NC1CC(C)C1. The summed E-state index contributed by atoms with van der Waals surface area (Å²) in [5.41, 5.74) is 4.65. The van der Waals surface area contributed by atoms with Crippen molar-refractivity contribution < 1.29 is 0 Å². The highest BCUT2D eigenvalue weighted by molar-refractivity contribution is 5.40. The summed E-state index contributed by atoms with van der Waals surface area (Å²) in [7, 11) is 0. The quantitative estimate of drug-likeness (QED) is 0.797. The predicted molar refractivity (Wildman–Crippen MR) is 67.6 cm³/mol. The molecule has 2 aliphatic rings. The zero-order chi connectivity index (χ0) is 11.1. The van der Waals surface area contributed by atoms with E-state index in [0.29, 0.717) is 6.04 Å². The van der Waals surface area contributed by atoms with Gasteiger partial charge >= 0.3 is 0 Å². The van der Waals surface area contributed by atoms with Crippen LogP contribution in [0.4, 0.5) is 0 Å². The molecule has 0 saturated heterocycles. The summed E-state index contributed by atoms with van der Waals surface area (Å²) >= 11 is 0. The van der Waals surface area contributed by atoms with Crippen molar-refractivity contribution >= 4 is 0 Å². The third kappa shape index (κ3) is 1.67. The van der Waals surface area contributed by atoms with Crippen LogP contribution < -0.4 is 5.32 Å². The van der Waals surface area contributed by atoms with E-state index in [-0.39, 0.29) is 0 Å². The standard InChI is InChI=1S/C15H21N/c1-10-8-12(9-10)16-15-7-6-13-11(2)4-3-5-14(13)15/h3-5,10,12,15-16H,6-9H2,1-2H3. The van der Waals surface area contributed by atoms with Crippen LogP contribution in [-0.2, 0) is 6.42 Å². The molecule has 0 spiro atoms. The summed E-state index contributed by atoms with van der Waals surface area (Å²) in [6.07, 6.45) is 5.31. The second-order valence-corrected chi connectivity index (χ2v) is 5.67. The van der Waals surface area contributed by atoms with Gasteiger partial charge in [0.1, 0.15) is 0 Å². The van der Waals surface area contributed by atoms with Crippen molar-refractivity contribution in [3.63, 3.8) is 0 Å². The van der Waals surface area contributed by atoms with Crippen LogP contribution >= 0.6 is 0 Å². The van der Waals surface area contributed by atoms with Crippen molar-refractivity contribution in [3.05, 3.63) is 34.9 Å². The van der Waals surface area contributed by atoms with E-state index in [1.54, 1.807) is 11.1 Å². The lowest BCUT2D eigenvalue weighted by Gasteiger charge is -2.36. The van der Waals surface area contributed by atoms with Gasteiger partial charge in [-0.2, -0.15) is 0 Å². The maximum atomic E-state index is 3.83. The Morgan fingerprint density at radius 3 is 2.81 bits per heavy atom. The number of aryl methyl sites for hydroxylation is 1. The lowest BCUT2D eigenvalue weighted by atomic mass is 9.81. The van der Waals surface area contributed by atoms with Gasteiger partial charge in [0.25, 0.3) is 0 Å². The Kier molecular flexibility index (Phi) is 2.51. The van der Waals surface area contributed by atoms with Crippen LogP contribution in [0.2, 0.25) is 0 Å². The molecule has 1 heteroatoms. The Hall–Kier alpha value is -0.820. The Morgan fingerprint density at radius 1 is 1.25 bits per heavy atom. The summed E-state index contributed by atoms with van der Waals surface area (Å²) in [5.74, 6) is 0.941. The topological polar surface area (TPSA) is 12.0 Å². The van der Waals surface area contributed by atoms with Gasteiger partial charge in [0, 0.05) is 12.1 Å². The van der Waals surface area contributed by atoms with Crippen LogP contribution in [0.3, 0.4) is 0 Å². The lowest BCUT2D eigenvalue weighted by molar-refractivity contribution is 0.222. The Labute approximate surface area is 98.3 Å². The first-order valence-electron chi connectivity index (χ1n) is 6.58. The molecule has 1 unspecified atom stereocenters. The van der Waals surface area contributed by atoms with Gasteiger partial charge in [-0.15, -0.1) is 0 Å². The Balaban J connectivity index is 1.74. The van der Waals surface area contributed by atoms with Crippen LogP contribution in [-0.4, -0.2) is 6.04 Å². The minimum absolute atomic E-state index is 0.632. The number of fused-ring (bicyclic) bond motifs is 1. The highest BCUT2D eigenvalue weighted by atomic mass is 15.0. The summed E-state index contributed by atoms with van der Waals surface area (Å²) in [6, 6.07) is 8.18. The van der Waals surface area contributed by atoms with E-state index in [1.165, 1.54) is 31.2 Å². The summed E-state index contributed by atoms with van der Waals surface area (Å²) in [6.45, 7) is 4.59. The second kappa shape index (κ2) is 3.89. The number of hydrogen-bond acceptors (Lipinski definition) is 1. The van der Waals surface area contributed by atoms with Gasteiger partial charge in [0.2, 0.25) is 0 Å². The van der Waals surface area contributed by atoms with Crippen LogP contribution in [0.15, 0.2) is 18.2 Å². The normalized spacial score (nSPS) is 32.2. The fourth-order valence-corrected chi connectivity index (χ4v) is 3.33. The zero-order valence-electron chi connectivity index (χ0n) is 10.3. The Bertz CT molecular complexity index is 390. The average molecular weight is 215 g/mol. The molecule has 3 rings (SSSR count). The van der Waals surface area contributed by atoms with E-state index in [2.05, 4.69) is 37.4 Å². The summed E-state index contributed by atoms with van der Waals surface area (Å²) < 4.78 is 0. The molecule has 1 nitrogen and oxygen atoms in total. The molecule has 0 radical (unpaired) electrons. The minimum Gasteiger partial charge on any atom is -0.307 e. The predicted octanol–water partition coefficient (Wildman–Crippen LogP) is 3.37. The third-order valence-electron chi connectivity index (χ3n) is 4.32. The van der Waals surface area contributed by atoms with Crippen LogP contribution in [0.1, 0.15) is 48.9 Å². The molecule has 16 heavy (non-hydrogen) atoms. The second-order valence-electron chi connectivity index (χ2n) is 5.67. The van der Waals surface area contributed by atoms with E-state index in [0.717, 1.165) is 12.0 Å². The van der Waals surface area contributed by atoms with Crippen LogP contribution in [0.25, 0.3) is 0 Å². The van der Waals surface area contributed by atoms with Crippen molar-refractivity contribution in [1.82, 2.24) is 5.32 Å². The first kappa shape index (κ1) is 10.3. The molecule has 86 valence electrons. The highest BCUT2D eigenvalue weighted by Gasteiger charge is 2.30. The molecule has 0 aliphatic heterocycles. The fourth-order valence-electron chi connectivity index (χ4n) is 3.33. The van der Waals surface area contributed by atoms with Crippen molar-refractivity contribution in [3.8, 4) is 0 Å². The summed E-state index contributed by atoms with van der Waals surface area (Å²) in [5, 5.41) is 3.83. The van der Waals surface area contributed by atoms with Crippen molar-refractivity contribution in [1.29, 1.82) is 0 Å². The largest absolute Gasteiger partial charge is 0.307 e. The molecule has 1 aromatic carbocycles. The van der Waals surface area contributed by atoms with Crippen molar-refractivity contribution in [2.45, 2.75) is 51.6 Å². The van der Waals surface area contributed by atoms with Gasteiger partial charge in [-0.1, -0.05) is 25.1 Å². The molecule has 1 atom stereocenters. The molecule has 0 heterocycles. The molecule has 1 fully saturated rings. The molecule has 1 saturated carbocycles. The monoisotopic (exact) mass is 215 g/mol. The summed E-state index contributed by atoms with van der Waals surface area (Å²) in [4.78, 5) is 0. The molecular weight excluding hydrogens is 194 g/mol. The van der Waals surface area contributed by atoms with Gasteiger partial charge in [0.15, 0.2) is 0 Å². The third-order valence-corrected chi connectivity index (χ3v) is 4.32. The maximum absolute atomic E-state index is 3.83. The maximum Gasteiger partial charge on any atom is 0.0328 e. The number of benzene rings is 1. The van der Waals surface area contributed by atoms with Gasteiger partial charge < -0.3 is 5.32 Å². The van der Waals surface area contributed by atoms with Crippen LogP contribution in [0, 0.1) is 12.8 Å². The smallest absolute Gasteiger partial charge is 0.0328 e. The van der Waals surface area contributed by atoms with E-state index >= 15 is 0 Å². The molecule has 1 aromatic rings. The molecular formula is C15H21N. The first-order chi connectivity index (χ1) is 7.74. The van der Waals surface area contributed by atoms with Gasteiger partial charge in [-0.25, -0.2) is 0 Å². The molecule has 0 aromatic heterocycles. The number of nitrogens with one attached hydrogen (secondary N) is 1. The molecule has 2 aliphatic carbocycles. The lowest BCUT2D eigenvalue weighted by Crippen LogP contribution is -2.41. The van der Waals surface area contributed by atoms with E-state index < -0.39 is 0 Å². The Morgan fingerprint density at radius 2 is 2.06 bits per heavy atom. The van der Waals surface area contributed by atoms with Crippen molar-refractivity contribution in [2.24, 2.45) is 5.92 Å². The average Bonchev–Trinajstić information content (AvgIpc) is 2.61.